The molecule has 1 atom stereocenters. The minimum Gasteiger partial charge on any atom is -0.302 e. The molecule has 0 aromatic rings. The molecule has 8 heavy (non-hydrogen) atoms. The van der Waals surface area contributed by atoms with Crippen LogP contribution in [0.15, 0.2) is 0 Å². The zero-order valence-electron chi connectivity index (χ0n) is 4.92. The molecule has 44 valence electrons. The maximum Gasteiger partial charge on any atom is 0.137 e. The fourth-order valence-corrected chi connectivity index (χ4v) is 0.474. The predicted octanol–water partition coefficient (Wildman–Crippen LogP) is 1.13. The molecule has 0 fully saturated rings. The molecule has 0 spiro atoms. The van der Waals surface area contributed by atoms with Crippen LogP contribution in [0.3, 0.4) is 0 Å². The Bertz CT molecular complexity index is 104. The first-order valence-electron chi connectivity index (χ1n) is 2.70. The topological polar surface area (TPSA) is 40.9 Å². The van der Waals surface area contributed by atoms with Crippen molar-refractivity contribution in [1.82, 2.24) is 0 Å². The Kier molecular flexibility index (Phi) is 3.87. The first-order valence-corrected chi connectivity index (χ1v) is 2.70. The molecule has 0 aliphatic heterocycles. The second-order valence-electron chi connectivity index (χ2n) is 1.66. The molecule has 0 N–H and O–H groups in total. The second kappa shape index (κ2) is 4.32. The Labute approximate surface area is 49.1 Å². The molecule has 1 unspecified atom stereocenters. The van der Waals surface area contributed by atoms with E-state index < -0.39 is 0 Å². The lowest BCUT2D eigenvalue weighted by atomic mass is 10.1. The number of nitrogens with zero attached hydrogens (tertiary/aromatic N) is 1. The minimum absolute atomic E-state index is 0.375. The van der Waals surface area contributed by atoms with Gasteiger partial charge in [-0.2, -0.15) is 5.26 Å². The third-order valence-corrected chi connectivity index (χ3v) is 0.930. The van der Waals surface area contributed by atoms with E-state index in [1.54, 1.807) is 0 Å². The zero-order valence-corrected chi connectivity index (χ0v) is 4.92. The van der Waals surface area contributed by atoms with E-state index in [4.69, 9.17) is 5.26 Å². The number of aldehydes is 1. The SMILES string of the molecule is CCCC(C#N)C=O. The van der Waals surface area contributed by atoms with Crippen molar-refractivity contribution in [2.24, 2.45) is 5.92 Å². The van der Waals surface area contributed by atoms with Gasteiger partial charge in [0.05, 0.1) is 6.07 Å². The van der Waals surface area contributed by atoms with Crippen molar-refractivity contribution < 1.29 is 4.79 Å². The summed E-state index contributed by atoms with van der Waals surface area (Å²) in [6.07, 6.45) is 2.29. The second-order valence-corrected chi connectivity index (χ2v) is 1.66. The molecular weight excluding hydrogens is 102 g/mol. The van der Waals surface area contributed by atoms with Crippen LogP contribution in [0.1, 0.15) is 19.8 Å². The summed E-state index contributed by atoms with van der Waals surface area (Å²) in [6, 6.07) is 1.88. The monoisotopic (exact) mass is 111 g/mol. The maximum absolute atomic E-state index is 9.90. The lowest BCUT2D eigenvalue weighted by molar-refractivity contribution is -0.109. The number of carbonyl (C=O) groups excluding carboxylic acids is 1. The molecule has 0 bridgehead atoms. The first kappa shape index (κ1) is 7.16. The summed E-state index contributed by atoms with van der Waals surface area (Å²) in [5.74, 6) is -0.375. The number of carbonyl (C=O) groups is 1. The highest BCUT2D eigenvalue weighted by Crippen LogP contribution is 1.99. The summed E-state index contributed by atoms with van der Waals surface area (Å²) >= 11 is 0. The summed E-state index contributed by atoms with van der Waals surface area (Å²) in [5, 5.41) is 8.18. The number of hydrogen-bond donors (Lipinski definition) is 0. The molecule has 0 amide bonds. The van der Waals surface area contributed by atoms with Gasteiger partial charge >= 0.3 is 0 Å². The molecule has 0 aromatic carbocycles. The van der Waals surface area contributed by atoms with Crippen LogP contribution in [-0.2, 0) is 4.79 Å². The quantitative estimate of drug-likeness (QED) is 0.512. The molecule has 0 saturated carbocycles. The first-order chi connectivity index (χ1) is 3.85. The molecule has 0 radical (unpaired) electrons. The van der Waals surface area contributed by atoms with Crippen LogP contribution < -0.4 is 0 Å². The molecule has 0 heterocycles. The fraction of sp³-hybridized carbons (Fsp3) is 0.667. The summed E-state index contributed by atoms with van der Waals surface area (Å²) in [5.41, 5.74) is 0. The van der Waals surface area contributed by atoms with Crippen LogP contribution in [0.2, 0.25) is 0 Å². The van der Waals surface area contributed by atoms with Crippen molar-refractivity contribution in [3.05, 3.63) is 0 Å². The lowest BCUT2D eigenvalue weighted by Gasteiger charge is -1.91. The van der Waals surface area contributed by atoms with Gasteiger partial charge in [0, 0.05) is 0 Å². The van der Waals surface area contributed by atoms with Crippen molar-refractivity contribution in [1.29, 1.82) is 5.26 Å². The average Bonchev–Trinajstić information content (AvgIpc) is 1.83. The van der Waals surface area contributed by atoms with Gasteiger partial charge < -0.3 is 4.79 Å². The Morgan fingerprint density at radius 1 is 1.88 bits per heavy atom. The van der Waals surface area contributed by atoms with Crippen LogP contribution in [0.5, 0.6) is 0 Å². The standard InChI is InChI=1S/C6H9NO/c1-2-3-6(4-7)5-8/h5-6H,2-3H2,1H3. The predicted molar refractivity (Wildman–Crippen MR) is 30.1 cm³/mol. The fourth-order valence-electron chi connectivity index (χ4n) is 0.474. The van der Waals surface area contributed by atoms with Crippen LogP contribution in [0.4, 0.5) is 0 Å². The van der Waals surface area contributed by atoms with E-state index >= 15 is 0 Å². The van der Waals surface area contributed by atoms with Gasteiger partial charge in [0.15, 0.2) is 0 Å². The van der Waals surface area contributed by atoms with Crippen LogP contribution >= 0.6 is 0 Å². The van der Waals surface area contributed by atoms with Crippen LogP contribution in [-0.4, -0.2) is 6.29 Å². The Morgan fingerprint density at radius 2 is 2.50 bits per heavy atom. The average molecular weight is 111 g/mol. The third-order valence-electron chi connectivity index (χ3n) is 0.930. The number of nitriles is 1. The van der Waals surface area contributed by atoms with Gasteiger partial charge in [0.1, 0.15) is 12.2 Å². The summed E-state index contributed by atoms with van der Waals surface area (Å²) in [7, 11) is 0. The lowest BCUT2D eigenvalue weighted by Crippen LogP contribution is -1.95. The Morgan fingerprint density at radius 3 is 2.62 bits per heavy atom. The zero-order chi connectivity index (χ0) is 6.41. The largest absolute Gasteiger partial charge is 0.302 e. The molecule has 0 aliphatic carbocycles. The Balaban J connectivity index is 3.40. The Hall–Kier alpha value is -0.840. The molecular formula is C6H9NO. The molecule has 2 heteroatoms. The van der Waals surface area contributed by atoms with Crippen molar-refractivity contribution in [2.45, 2.75) is 19.8 Å². The van der Waals surface area contributed by atoms with E-state index in [1.165, 1.54) is 0 Å². The molecule has 0 aliphatic rings. The van der Waals surface area contributed by atoms with Gasteiger partial charge in [-0.05, 0) is 6.42 Å². The van der Waals surface area contributed by atoms with E-state index in [-0.39, 0.29) is 5.92 Å². The van der Waals surface area contributed by atoms with Crippen molar-refractivity contribution >= 4 is 6.29 Å². The minimum atomic E-state index is -0.375. The van der Waals surface area contributed by atoms with Crippen molar-refractivity contribution in [2.75, 3.05) is 0 Å². The van der Waals surface area contributed by atoms with Crippen LogP contribution in [0, 0.1) is 17.2 Å². The van der Waals surface area contributed by atoms with E-state index in [0.717, 1.165) is 6.42 Å². The normalized spacial score (nSPS) is 12.0. The third kappa shape index (κ3) is 2.35. The molecule has 2 nitrogen and oxygen atoms in total. The smallest absolute Gasteiger partial charge is 0.137 e. The number of rotatable bonds is 3. The molecule has 0 saturated heterocycles. The highest BCUT2D eigenvalue weighted by molar-refractivity contribution is 5.57. The highest BCUT2D eigenvalue weighted by atomic mass is 16.1. The van der Waals surface area contributed by atoms with Crippen molar-refractivity contribution in [3.8, 4) is 6.07 Å². The van der Waals surface area contributed by atoms with Crippen LogP contribution in [0.25, 0.3) is 0 Å². The maximum atomic E-state index is 9.90. The van der Waals surface area contributed by atoms with Gasteiger partial charge in [-0.3, -0.25) is 0 Å². The van der Waals surface area contributed by atoms with Gasteiger partial charge in [-0.15, -0.1) is 0 Å². The van der Waals surface area contributed by atoms with Gasteiger partial charge in [0.25, 0.3) is 0 Å². The highest BCUT2D eigenvalue weighted by Gasteiger charge is 2.00. The summed E-state index contributed by atoms with van der Waals surface area (Å²) < 4.78 is 0. The molecule has 0 rings (SSSR count). The van der Waals surface area contributed by atoms with E-state index in [2.05, 4.69) is 0 Å². The van der Waals surface area contributed by atoms with Gasteiger partial charge in [-0.25, -0.2) is 0 Å². The molecule has 0 aromatic heterocycles. The van der Waals surface area contributed by atoms with E-state index in [0.29, 0.717) is 12.7 Å². The number of hydrogen-bond acceptors (Lipinski definition) is 2. The van der Waals surface area contributed by atoms with E-state index in [1.807, 2.05) is 13.0 Å². The summed E-state index contributed by atoms with van der Waals surface area (Å²) in [6.45, 7) is 1.95. The summed E-state index contributed by atoms with van der Waals surface area (Å²) in [4.78, 5) is 9.90. The van der Waals surface area contributed by atoms with Gasteiger partial charge in [-0.1, -0.05) is 13.3 Å². The van der Waals surface area contributed by atoms with Gasteiger partial charge in [0.2, 0.25) is 0 Å². The van der Waals surface area contributed by atoms with Crippen molar-refractivity contribution in [3.63, 3.8) is 0 Å². The van der Waals surface area contributed by atoms with E-state index in [9.17, 15) is 4.79 Å².